The summed E-state index contributed by atoms with van der Waals surface area (Å²) in [7, 11) is 0. The number of nitriles is 1. The second-order valence-corrected chi connectivity index (χ2v) is 8.87. The van der Waals surface area contributed by atoms with E-state index in [-0.39, 0.29) is 18.0 Å². The molecule has 1 saturated heterocycles. The molecule has 1 heterocycles. The van der Waals surface area contributed by atoms with Gasteiger partial charge in [0.15, 0.2) is 0 Å². The number of hydrogen-bond donors (Lipinski definition) is 2. The Kier molecular flexibility index (Phi) is 4.09. The van der Waals surface area contributed by atoms with Gasteiger partial charge in [0.25, 0.3) is 0 Å². The third-order valence-electron chi connectivity index (χ3n) is 6.97. The highest BCUT2D eigenvalue weighted by molar-refractivity contribution is 5.83. The third kappa shape index (κ3) is 2.95. The maximum atomic E-state index is 12.7. The molecule has 0 spiro atoms. The molecular weight excluding hydrogens is 302 g/mol. The number of nitrogens with two attached hydrogens (primary N) is 1. The van der Waals surface area contributed by atoms with Gasteiger partial charge in [0.2, 0.25) is 5.91 Å². The topological polar surface area (TPSA) is 90.4 Å². The van der Waals surface area contributed by atoms with Crippen LogP contribution in [0.15, 0.2) is 0 Å². The van der Waals surface area contributed by atoms with E-state index < -0.39 is 11.6 Å². The quantitative estimate of drug-likeness (QED) is 0.823. The minimum absolute atomic E-state index is 0.0266. The van der Waals surface area contributed by atoms with Gasteiger partial charge in [0, 0.05) is 6.04 Å². The molecule has 2 bridgehead atoms. The molecule has 3 unspecified atom stereocenters. The van der Waals surface area contributed by atoms with E-state index in [1.165, 1.54) is 12.8 Å². The fraction of sp³-hybridized carbons (Fsp3) is 0.895. The molecular formula is C19H29N3O2. The first-order chi connectivity index (χ1) is 11.5. The lowest BCUT2D eigenvalue weighted by Gasteiger charge is -2.45. The van der Waals surface area contributed by atoms with Crippen LogP contribution >= 0.6 is 0 Å². The zero-order valence-corrected chi connectivity index (χ0v) is 14.4. The molecule has 4 fully saturated rings. The Balaban J connectivity index is 1.31. The highest BCUT2D eigenvalue weighted by Crippen LogP contribution is 2.48. The smallest absolute Gasteiger partial charge is 0.240 e. The van der Waals surface area contributed by atoms with Crippen LogP contribution in [-0.4, -0.2) is 39.6 Å². The van der Waals surface area contributed by atoms with Crippen molar-refractivity contribution in [2.75, 3.05) is 0 Å². The lowest BCUT2D eigenvalue weighted by molar-refractivity contribution is -0.133. The standard InChI is InChI=1S/C19H29N3O2/c20-11-15-7-14-8-17(14)22(15)18(23)16(21)4-3-13-6-12-2-1-5-19(24,9-12)10-13/h12-17,24H,1-10,21H2/t12?,13?,14-,15+,16+,17+,19?/m1/s1. The molecule has 7 atom stereocenters. The van der Waals surface area contributed by atoms with Crippen LogP contribution in [0.5, 0.6) is 0 Å². The highest BCUT2D eigenvalue weighted by Gasteiger charge is 2.54. The van der Waals surface area contributed by atoms with Gasteiger partial charge in [0.05, 0.1) is 17.7 Å². The molecule has 1 amide bonds. The number of amides is 1. The average Bonchev–Trinajstić information content (AvgIpc) is 3.21. The summed E-state index contributed by atoms with van der Waals surface area (Å²) < 4.78 is 0. The minimum atomic E-state index is -0.489. The summed E-state index contributed by atoms with van der Waals surface area (Å²) in [6, 6.07) is 1.79. The van der Waals surface area contributed by atoms with E-state index in [0.29, 0.717) is 24.2 Å². The molecule has 5 nitrogen and oxygen atoms in total. The van der Waals surface area contributed by atoms with E-state index >= 15 is 0 Å². The van der Waals surface area contributed by atoms with Gasteiger partial charge in [-0.05, 0) is 69.1 Å². The van der Waals surface area contributed by atoms with Crippen LogP contribution in [0, 0.1) is 29.1 Å². The van der Waals surface area contributed by atoms with Crippen molar-refractivity contribution in [3.05, 3.63) is 0 Å². The number of hydrogen-bond acceptors (Lipinski definition) is 4. The normalized spacial score (nSPS) is 44.5. The van der Waals surface area contributed by atoms with Crippen LogP contribution in [0.3, 0.4) is 0 Å². The first kappa shape index (κ1) is 16.4. The van der Waals surface area contributed by atoms with Gasteiger partial charge in [-0.2, -0.15) is 5.26 Å². The first-order valence-corrected chi connectivity index (χ1v) is 9.69. The fourth-order valence-electron chi connectivity index (χ4n) is 5.78. The Bertz CT molecular complexity index is 559. The number of carbonyl (C=O) groups is 1. The molecule has 0 aromatic heterocycles. The molecule has 4 aliphatic rings. The van der Waals surface area contributed by atoms with Gasteiger partial charge in [-0.1, -0.05) is 12.8 Å². The zero-order chi connectivity index (χ0) is 16.9. The lowest BCUT2D eigenvalue weighted by atomic mass is 9.64. The van der Waals surface area contributed by atoms with E-state index in [1.807, 2.05) is 0 Å². The van der Waals surface area contributed by atoms with Crippen LogP contribution in [0.4, 0.5) is 0 Å². The Hall–Kier alpha value is -1.12. The van der Waals surface area contributed by atoms with Crippen molar-refractivity contribution >= 4 is 5.91 Å². The van der Waals surface area contributed by atoms with Crippen LogP contribution in [-0.2, 0) is 4.79 Å². The van der Waals surface area contributed by atoms with E-state index in [2.05, 4.69) is 6.07 Å². The van der Waals surface area contributed by atoms with Crippen molar-refractivity contribution < 1.29 is 9.90 Å². The molecule has 24 heavy (non-hydrogen) atoms. The summed E-state index contributed by atoms with van der Waals surface area (Å²) in [5.74, 6) is 1.66. The average molecular weight is 331 g/mol. The first-order valence-electron chi connectivity index (χ1n) is 9.69. The maximum Gasteiger partial charge on any atom is 0.240 e. The predicted octanol–water partition coefficient (Wildman–Crippen LogP) is 1.94. The number of rotatable bonds is 4. The summed E-state index contributed by atoms with van der Waals surface area (Å²) >= 11 is 0. The fourth-order valence-corrected chi connectivity index (χ4v) is 5.78. The molecule has 3 N–H and O–H groups in total. The number of carbonyl (C=O) groups excluding carboxylic acids is 1. The van der Waals surface area contributed by atoms with E-state index in [0.717, 1.165) is 44.9 Å². The van der Waals surface area contributed by atoms with Crippen molar-refractivity contribution in [3.8, 4) is 6.07 Å². The van der Waals surface area contributed by atoms with Crippen molar-refractivity contribution in [2.45, 2.75) is 87.9 Å². The van der Waals surface area contributed by atoms with E-state index in [9.17, 15) is 15.2 Å². The van der Waals surface area contributed by atoms with Crippen LogP contribution in [0.2, 0.25) is 0 Å². The predicted molar refractivity (Wildman–Crippen MR) is 89.6 cm³/mol. The van der Waals surface area contributed by atoms with Gasteiger partial charge in [-0.3, -0.25) is 4.79 Å². The Labute approximate surface area is 144 Å². The van der Waals surface area contributed by atoms with Gasteiger partial charge in [-0.15, -0.1) is 0 Å². The van der Waals surface area contributed by atoms with Gasteiger partial charge < -0.3 is 15.7 Å². The molecule has 1 aliphatic heterocycles. The minimum Gasteiger partial charge on any atom is -0.390 e. The van der Waals surface area contributed by atoms with Crippen molar-refractivity contribution in [2.24, 2.45) is 23.5 Å². The molecule has 3 aliphatic carbocycles. The third-order valence-corrected chi connectivity index (χ3v) is 6.97. The van der Waals surface area contributed by atoms with E-state index in [1.54, 1.807) is 4.90 Å². The summed E-state index contributed by atoms with van der Waals surface area (Å²) in [5, 5.41) is 19.9. The Morgan fingerprint density at radius 1 is 1.38 bits per heavy atom. The van der Waals surface area contributed by atoms with Gasteiger partial charge in [0.1, 0.15) is 6.04 Å². The summed E-state index contributed by atoms with van der Waals surface area (Å²) in [5.41, 5.74) is 5.74. The molecule has 4 rings (SSSR count). The number of nitrogens with zero attached hydrogens (tertiary/aromatic N) is 2. The zero-order valence-electron chi connectivity index (χ0n) is 14.4. The van der Waals surface area contributed by atoms with Crippen molar-refractivity contribution in [1.29, 1.82) is 5.26 Å². The van der Waals surface area contributed by atoms with E-state index in [4.69, 9.17) is 5.73 Å². The molecule has 0 radical (unpaired) electrons. The van der Waals surface area contributed by atoms with Crippen molar-refractivity contribution in [3.63, 3.8) is 0 Å². The molecule has 3 saturated carbocycles. The van der Waals surface area contributed by atoms with Gasteiger partial charge in [-0.25, -0.2) is 0 Å². The Morgan fingerprint density at radius 3 is 2.96 bits per heavy atom. The second kappa shape index (κ2) is 6.00. The summed E-state index contributed by atoms with van der Waals surface area (Å²) in [6.45, 7) is 0. The largest absolute Gasteiger partial charge is 0.390 e. The molecule has 5 heteroatoms. The van der Waals surface area contributed by atoms with Crippen LogP contribution < -0.4 is 5.73 Å². The SMILES string of the molecule is N#C[C@@H]1C[C@@H]2C[C@@H]2N1C(=O)[C@@H](N)CCC1CC2CCCC(O)(C2)C1. The number of likely N-dealkylation sites (tertiary alicyclic amines) is 1. The lowest BCUT2D eigenvalue weighted by Crippen LogP contribution is -2.48. The van der Waals surface area contributed by atoms with Gasteiger partial charge >= 0.3 is 0 Å². The molecule has 132 valence electrons. The number of piperidine rings is 1. The van der Waals surface area contributed by atoms with Crippen LogP contribution in [0.1, 0.15) is 64.2 Å². The van der Waals surface area contributed by atoms with Crippen LogP contribution in [0.25, 0.3) is 0 Å². The second-order valence-electron chi connectivity index (χ2n) is 8.87. The molecule has 0 aromatic carbocycles. The summed E-state index contributed by atoms with van der Waals surface area (Å²) in [6.07, 6.45) is 9.83. The number of fused-ring (bicyclic) bond motifs is 3. The van der Waals surface area contributed by atoms with Crippen molar-refractivity contribution in [1.82, 2.24) is 4.90 Å². The number of aliphatic hydroxyl groups is 1. The molecule has 0 aromatic rings. The monoisotopic (exact) mass is 331 g/mol. The summed E-state index contributed by atoms with van der Waals surface area (Å²) in [4.78, 5) is 14.5. The highest BCUT2D eigenvalue weighted by atomic mass is 16.3. The maximum absolute atomic E-state index is 12.7. The Morgan fingerprint density at radius 2 is 2.21 bits per heavy atom.